The van der Waals surface area contributed by atoms with Gasteiger partial charge in [-0.3, -0.25) is 9.36 Å². The second-order valence-electron chi connectivity index (χ2n) is 4.08. The van der Waals surface area contributed by atoms with Gasteiger partial charge in [-0.25, -0.2) is 0 Å². The molecule has 1 atom stereocenters. The highest BCUT2D eigenvalue weighted by Gasteiger charge is 2.03. The van der Waals surface area contributed by atoms with E-state index >= 15 is 0 Å². The van der Waals surface area contributed by atoms with Crippen LogP contribution in [0.15, 0.2) is 66.8 Å². The minimum absolute atomic E-state index is 0.0727. The third kappa shape index (κ3) is 7.00. The summed E-state index contributed by atoms with van der Waals surface area (Å²) in [6, 6.07) is 9.34. The Morgan fingerprint density at radius 2 is 1.85 bits per heavy atom. The van der Waals surface area contributed by atoms with Crippen molar-refractivity contribution in [3.63, 3.8) is 0 Å². The molecule has 0 bridgehead atoms. The predicted molar refractivity (Wildman–Crippen MR) is 79.7 cm³/mol. The molecule has 0 amide bonds. The van der Waals surface area contributed by atoms with Gasteiger partial charge in [0.15, 0.2) is 5.78 Å². The van der Waals surface area contributed by atoms with Crippen molar-refractivity contribution in [2.24, 2.45) is 5.92 Å². The van der Waals surface area contributed by atoms with Crippen LogP contribution in [0.1, 0.15) is 16.8 Å². The van der Waals surface area contributed by atoms with Crippen molar-refractivity contribution in [3.8, 4) is 0 Å². The predicted octanol–water partition coefficient (Wildman–Crippen LogP) is 2.92. The first kappa shape index (κ1) is 16.3. The van der Waals surface area contributed by atoms with E-state index in [4.69, 9.17) is 14.4 Å². The summed E-state index contributed by atoms with van der Waals surface area (Å²) in [6.45, 7) is 0. The largest absolute Gasteiger partial charge is 0.326 e. The maximum atomic E-state index is 11.8. The molecule has 1 aliphatic carbocycles. The van der Waals surface area contributed by atoms with Crippen LogP contribution in [-0.2, 0) is 4.57 Å². The van der Waals surface area contributed by atoms with E-state index in [1.165, 1.54) is 0 Å². The molecule has 1 aromatic rings. The summed E-state index contributed by atoms with van der Waals surface area (Å²) in [6.07, 6.45) is 12.9. The van der Waals surface area contributed by atoms with E-state index in [1.807, 2.05) is 48.6 Å². The molecule has 1 aromatic carbocycles. The molecule has 2 rings (SSSR count). The van der Waals surface area contributed by atoms with E-state index in [0.717, 1.165) is 12.0 Å². The van der Waals surface area contributed by atoms with E-state index in [2.05, 4.69) is 12.2 Å². The number of rotatable bonds is 3. The van der Waals surface area contributed by atoms with Gasteiger partial charge < -0.3 is 9.79 Å². The quantitative estimate of drug-likeness (QED) is 0.510. The van der Waals surface area contributed by atoms with Crippen molar-refractivity contribution in [2.75, 3.05) is 0 Å². The summed E-state index contributed by atoms with van der Waals surface area (Å²) in [5.41, 5.74) is 0.745. The number of allylic oxidation sites excluding steroid dienone is 6. The summed E-state index contributed by atoms with van der Waals surface area (Å²) in [5.74, 6) is 0.432. The Morgan fingerprint density at radius 3 is 2.40 bits per heavy atom. The van der Waals surface area contributed by atoms with Crippen molar-refractivity contribution in [2.45, 2.75) is 6.42 Å². The summed E-state index contributed by atoms with van der Waals surface area (Å²) in [7, 11) is -3.13. The molecule has 0 saturated heterocycles. The lowest BCUT2D eigenvalue weighted by atomic mass is 9.99. The molecule has 1 aliphatic rings. The van der Waals surface area contributed by atoms with Crippen LogP contribution in [0.5, 0.6) is 0 Å². The standard InChI is InChI=1S/C15H14O.H3O3P/c16-15(14-9-5-2-6-10-14)12-11-13-7-3-1-4-8-13;1-4(2)3/h1-7,9-13H,8H2;4H,(H2,1,2,3). The monoisotopic (exact) mass is 292 g/mol. The maximum Gasteiger partial charge on any atom is 0.314 e. The van der Waals surface area contributed by atoms with Crippen molar-refractivity contribution >= 4 is 14.0 Å². The number of benzene rings is 1. The lowest BCUT2D eigenvalue weighted by Crippen LogP contribution is -1.97. The van der Waals surface area contributed by atoms with Gasteiger partial charge in [0.05, 0.1) is 0 Å². The Morgan fingerprint density at radius 1 is 1.20 bits per heavy atom. The van der Waals surface area contributed by atoms with Crippen LogP contribution in [0.25, 0.3) is 0 Å². The Kier molecular flexibility index (Phi) is 7.51. The summed E-state index contributed by atoms with van der Waals surface area (Å²) >= 11 is 0. The normalized spacial score (nSPS) is 17.1. The molecule has 106 valence electrons. The average Bonchev–Trinajstić information content (AvgIpc) is 2.46. The van der Waals surface area contributed by atoms with Crippen molar-refractivity contribution in [3.05, 3.63) is 72.4 Å². The van der Waals surface area contributed by atoms with Crippen LogP contribution in [0.3, 0.4) is 0 Å². The van der Waals surface area contributed by atoms with Crippen LogP contribution < -0.4 is 0 Å². The first-order chi connectivity index (χ1) is 9.59. The molecule has 20 heavy (non-hydrogen) atoms. The first-order valence-corrected chi connectivity index (χ1v) is 7.42. The van der Waals surface area contributed by atoms with Gasteiger partial charge in [-0.2, -0.15) is 0 Å². The molecule has 0 heterocycles. The van der Waals surface area contributed by atoms with E-state index in [0.29, 0.717) is 5.92 Å². The zero-order chi connectivity index (χ0) is 14.8. The van der Waals surface area contributed by atoms with E-state index in [1.54, 1.807) is 6.08 Å². The van der Waals surface area contributed by atoms with Crippen LogP contribution in [-0.4, -0.2) is 15.6 Å². The molecule has 0 radical (unpaired) electrons. The minimum atomic E-state index is -3.13. The van der Waals surface area contributed by atoms with Crippen molar-refractivity contribution < 1.29 is 19.1 Å². The Labute approximate surface area is 118 Å². The molecule has 0 spiro atoms. The smallest absolute Gasteiger partial charge is 0.314 e. The Hall–Kier alpha value is -1.74. The van der Waals surface area contributed by atoms with Gasteiger partial charge in [-0.15, -0.1) is 0 Å². The molecule has 1 unspecified atom stereocenters. The molecule has 0 fully saturated rings. The lowest BCUT2D eigenvalue weighted by molar-refractivity contribution is 0.104. The van der Waals surface area contributed by atoms with Gasteiger partial charge in [0.25, 0.3) is 0 Å². The molecular weight excluding hydrogens is 275 g/mol. The summed E-state index contributed by atoms with van der Waals surface area (Å²) in [5, 5.41) is 0. The Bertz CT molecular complexity index is 528. The third-order valence-corrected chi connectivity index (χ3v) is 2.57. The highest BCUT2D eigenvalue weighted by molar-refractivity contribution is 7.30. The molecule has 0 aromatic heterocycles. The third-order valence-electron chi connectivity index (χ3n) is 2.57. The minimum Gasteiger partial charge on any atom is -0.326 e. The maximum absolute atomic E-state index is 11.8. The van der Waals surface area contributed by atoms with Crippen LogP contribution in [0.2, 0.25) is 0 Å². The fourth-order valence-corrected chi connectivity index (χ4v) is 1.65. The fraction of sp³-hybridized carbons (Fsp3) is 0.133. The number of hydrogen-bond acceptors (Lipinski definition) is 2. The van der Waals surface area contributed by atoms with Gasteiger partial charge in [0, 0.05) is 5.56 Å². The van der Waals surface area contributed by atoms with Gasteiger partial charge in [0.2, 0.25) is 0 Å². The zero-order valence-corrected chi connectivity index (χ0v) is 11.8. The van der Waals surface area contributed by atoms with Crippen molar-refractivity contribution in [1.82, 2.24) is 0 Å². The zero-order valence-electron chi connectivity index (χ0n) is 10.8. The average molecular weight is 292 g/mol. The van der Waals surface area contributed by atoms with Gasteiger partial charge >= 0.3 is 8.25 Å². The molecule has 2 N–H and O–H groups in total. The second kappa shape index (κ2) is 9.21. The SMILES string of the molecule is O=C(C=CC1C=CC=CC1)c1ccccc1.O=[PH](O)O. The van der Waals surface area contributed by atoms with Crippen LogP contribution in [0.4, 0.5) is 0 Å². The van der Waals surface area contributed by atoms with Crippen molar-refractivity contribution in [1.29, 1.82) is 0 Å². The summed E-state index contributed by atoms with van der Waals surface area (Å²) in [4.78, 5) is 26.1. The fourth-order valence-electron chi connectivity index (χ4n) is 1.65. The van der Waals surface area contributed by atoms with Gasteiger partial charge in [0.1, 0.15) is 0 Å². The van der Waals surface area contributed by atoms with Gasteiger partial charge in [-0.05, 0) is 18.4 Å². The highest BCUT2D eigenvalue weighted by Crippen LogP contribution is 2.13. The first-order valence-electron chi connectivity index (χ1n) is 6.12. The van der Waals surface area contributed by atoms with Gasteiger partial charge in [-0.1, -0.05) is 60.7 Å². The van der Waals surface area contributed by atoms with E-state index < -0.39 is 8.25 Å². The molecular formula is C15H17O4P. The second-order valence-corrected chi connectivity index (χ2v) is 4.65. The molecule has 5 heteroatoms. The Balaban J connectivity index is 0.000000444. The topological polar surface area (TPSA) is 74.6 Å². The molecule has 0 saturated carbocycles. The number of carbonyl (C=O) groups is 1. The lowest BCUT2D eigenvalue weighted by Gasteiger charge is -2.06. The van der Waals surface area contributed by atoms with E-state index in [9.17, 15) is 4.79 Å². The van der Waals surface area contributed by atoms with E-state index in [-0.39, 0.29) is 5.78 Å². The molecule has 0 aliphatic heterocycles. The number of ketones is 1. The van der Waals surface area contributed by atoms with Crippen LogP contribution in [0, 0.1) is 5.92 Å². The summed E-state index contributed by atoms with van der Waals surface area (Å²) < 4.78 is 8.74. The number of carbonyl (C=O) groups excluding carboxylic acids is 1. The molecule has 4 nitrogen and oxygen atoms in total. The highest BCUT2D eigenvalue weighted by atomic mass is 31.1. The number of hydrogen-bond donors (Lipinski definition) is 2. The van der Waals surface area contributed by atoms with Crippen LogP contribution >= 0.6 is 8.25 Å².